The molecule has 246 valence electrons. The quantitative estimate of drug-likeness (QED) is 0.182. The lowest BCUT2D eigenvalue weighted by Crippen LogP contribution is -2.48. The van der Waals surface area contributed by atoms with Gasteiger partial charge in [0.1, 0.15) is 5.75 Å². The van der Waals surface area contributed by atoms with Crippen LogP contribution in [0.25, 0.3) is 0 Å². The number of rotatable bonds is 14. The molecule has 0 aromatic heterocycles. The standard InChI is InChI=1S/C30H34F4N2O8S/c1-43-23-16-22(31)24(44-12-5-3-2-4-9-25(37)38)15-21(23)28(39)36-27-18-11-10-17(13-18)26(27)29(40)35-19-7-6-8-20(14-19)45(41,42)30(32,33)34/h6-8,14-18,26-27H,2-5,9-13H2,1H3,(H,35,40)(H,36,39)(H,37,38)/t17-,18+,26+,27-/m1/s1. The third-order valence-electron chi connectivity index (χ3n) is 8.27. The highest BCUT2D eigenvalue weighted by Crippen LogP contribution is 2.49. The van der Waals surface area contributed by atoms with Crippen LogP contribution in [0, 0.1) is 23.6 Å². The fourth-order valence-electron chi connectivity index (χ4n) is 6.11. The minimum Gasteiger partial charge on any atom is -0.496 e. The molecule has 4 rings (SSSR count). The molecule has 2 aliphatic carbocycles. The van der Waals surface area contributed by atoms with Gasteiger partial charge < -0.3 is 25.2 Å². The number of carbonyl (C=O) groups is 3. The number of aliphatic carboxylic acids is 1. The van der Waals surface area contributed by atoms with E-state index in [0.717, 1.165) is 30.7 Å². The van der Waals surface area contributed by atoms with Crippen molar-refractivity contribution >= 4 is 33.3 Å². The minimum atomic E-state index is -5.62. The van der Waals surface area contributed by atoms with Crippen molar-refractivity contribution in [3.63, 3.8) is 0 Å². The van der Waals surface area contributed by atoms with Gasteiger partial charge in [-0.2, -0.15) is 13.2 Å². The SMILES string of the molecule is COc1cc(F)c(OCCCCCCC(=O)O)cc1C(=O)N[C@@H]1[C@H]2CC[C@H](C2)[C@@H]1C(=O)Nc1cccc(S(=O)(=O)C(F)(F)F)c1. The number of ether oxygens (including phenoxy) is 2. The Morgan fingerprint density at radius 3 is 2.40 bits per heavy atom. The first-order valence-electron chi connectivity index (χ1n) is 14.5. The zero-order chi connectivity index (χ0) is 32.9. The number of carbonyl (C=O) groups excluding carboxylic acids is 2. The number of carboxylic acids is 1. The van der Waals surface area contributed by atoms with Crippen molar-refractivity contribution in [1.82, 2.24) is 5.32 Å². The number of hydrogen-bond donors (Lipinski definition) is 3. The van der Waals surface area contributed by atoms with Gasteiger partial charge in [-0.25, -0.2) is 12.8 Å². The fraction of sp³-hybridized carbons (Fsp3) is 0.500. The number of amides is 2. The second kappa shape index (κ2) is 14.0. The zero-order valence-electron chi connectivity index (χ0n) is 24.4. The molecule has 0 spiro atoms. The lowest BCUT2D eigenvalue weighted by atomic mass is 9.83. The molecular formula is C30H34F4N2O8S. The van der Waals surface area contributed by atoms with Gasteiger partial charge in [0.05, 0.1) is 30.1 Å². The van der Waals surface area contributed by atoms with Crippen molar-refractivity contribution in [3.05, 3.63) is 47.8 Å². The van der Waals surface area contributed by atoms with Crippen molar-refractivity contribution in [1.29, 1.82) is 0 Å². The average Bonchev–Trinajstić information content (AvgIpc) is 3.58. The number of fused-ring (bicyclic) bond motifs is 2. The Labute approximate surface area is 257 Å². The molecule has 2 bridgehead atoms. The Morgan fingerprint density at radius 2 is 1.71 bits per heavy atom. The maximum Gasteiger partial charge on any atom is 0.501 e. The topological polar surface area (TPSA) is 148 Å². The molecule has 0 radical (unpaired) electrons. The van der Waals surface area contributed by atoms with Gasteiger partial charge in [0.15, 0.2) is 11.6 Å². The number of alkyl halides is 3. The second-order valence-corrected chi connectivity index (χ2v) is 13.2. The monoisotopic (exact) mass is 658 g/mol. The van der Waals surface area contributed by atoms with Crippen LogP contribution in [0.3, 0.4) is 0 Å². The number of sulfone groups is 1. The normalized spacial score (nSPS) is 20.9. The lowest BCUT2D eigenvalue weighted by Gasteiger charge is -2.31. The molecule has 0 heterocycles. The van der Waals surface area contributed by atoms with E-state index in [1.165, 1.54) is 19.2 Å². The maximum atomic E-state index is 14.7. The van der Waals surface area contributed by atoms with Gasteiger partial charge in [0.2, 0.25) is 5.91 Å². The number of halogens is 4. The lowest BCUT2D eigenvalue weighted by molar-refractivity contribution is -0.137. The van der Waals surface area contributed by atoms with E-state index >= 15 is 0 Å². The summed E-state index contributed by atoms with van der Waals surface area (Å²) in [7, 11) is -4.36. The van der Waals surface area contributed by atoms with Gasteiger partial charge in [-0.15, -0.1) is 0 Å². The average molecular weight is 659 g/mol. The number of hydrogen-bond acceptors (Lipinski definition) is 7. The van der Waals surface area contributed by atoms with Crippen molar-refractivity contribution < 1.29 is 54.9 Å². The van der Waals surface area contributed by atoms with Crippen LogP contribution in [0.4, 0.5) is 23.2 Å². The van der Waals surface area contributed by atoms with E-state index in [1.54, 1.807) is 0 Å². The largest absolute Gasteiger partial charge is 0.501 e. The molecule has 0 unspecified atom stereocenters. The summed E-state index contributed by atoms with van der Waals surface area (Å²) in [5.74, 6) is -4.00. The van der Waals surface area contributed by atoms with Crippen LogP contribution in [0.1, 0.15) is 61.7 Å². The summed E-state index contributed by atoms with van der Waals surface area (Å²) in [5, 5.41) is 14.1. The highest BCUT2D eigenvalue weighted by atomic mass is 32.2. The Bertz CT molecular complexity index is 1530. The summed E-state index contributed by atoms with van der Waals surface area (Å²) in [6, 6.07) is 5.47. The number of anilines is 1. The zero-order valence-corrected chi connectivity index (χ0v) is 25.2. The Hall–Kier alpha value is -3.88. The maximum absolute atomic E-state index is 14.7. The fourth-order valence-corrected chi connectivity index (χ4v) is 6.92. The number of unbranched alkanes of at least 4 members (excludes halogenated alkanes) is 3. The summed E-state index contributed by atoms with van der Waals surface area (Å²) in [5.41, 5.74) is -5.67. The van der Waals surface area contributed by atoms with Crippen LogP contribution in [0.2, 0.25) is 0 Å². The number of carboxylic acid groups (broad SMARTS) is 1. The molecule has 45 heavy (non-hydrogen) atoms. The molecule has 2 amide bonds. The first kappa shape index (κ1) is 34.0. The summed E-state index contributed by atoms with van der Waals surface area (Å²) in [4.78, 5) is 36.5. The smallest absolute Gasteiger partial charge is 0.496 e. The van der Waals surface area contributed by atoms with E-state index in [0.29, 0.717) is 38.5 Å². The van der Waals surface area contributed by atoms with Gasteiger partial charge in [0, 0.05) is 24.2 Å². The van der Waals surface area contributed by atoms with E-state index in [4.69, 9.17) is 14.6 Å². The van der Waals surface area contributed by atoms with Gasteiger partial charge in [0.25, 0.3) is 15.7 Å². The molecule has 2 aromatic carbocycles. The minimum absolute atomic E-state index is 0.0256. The summed E-state index contributed by atoms with van der Waals surface area (Å²) >= 11 is 0. The summed E-state index contributed by atoms with van der Waals surface area (Å²) < 4.78 is 88.3. The highest BCUT2D eigenvalue weighted by Gasteiger charge is 2.52. The second-order valence-electron chi connectivity index (χ2n) is 11.2. The number of methoxy groups -OCH3 is 1. The predicted octanol–water partition coefficient (Wildman–Crippen LogP) is 5.32. The highest BCUT2D eigenvalue weighted by molar-refractivity contribution is 7.92. The van der Waals surface area contributed by atoms with Gasteiger partial charge in [-0.3, -0.25) is 14.4 Å². The van der Waals surface area contributed by atoms with Crippen molar-refractivity contribution in [3.8, 4) is 11.5 Å². The summed E-state index contributed by atoms with van der Waals surface area (Å²) in [6.45, 7) is 0.136. The molecule has 2 aliphatic rings. The molecule has 3 N–H and O–H groups in total. The molecule has 2 fully saturated rings. The summed E-state index contributed by atoms with van der Waals surface area (Å²) in [6.07, 6.45) is 4.54. The van der Waals surface area contributed by atoms with E-state index in [-0.39, 0.29) is 47.6 Å². The molecule has 0 aliphatic heterocycles. The molecule has 0 saturated heterocycles. The Balaban J connectivity index is 1.45. The van der Waals surface area contributed by atoms with Crippen LogP contribution in [-0.4, -0.2) is 56.6 Å². The number of nitrogens with one attached hydrogen (secondary N) is 2. The van der Waals surface area contributed by atoms with Crippen LogP contribution in [-0.2, 0) is 19.4 Å². The molecule has 2 saturated carbocycles. The van der Waals surface area contributed by atoms with Crippen LogP contribution in [0.5, 0.6) is 11.5 Å². The predicted molar refractivity (Wildman–Crippen MR) is 153 cm³/mol. The first-order chi connectivity index (χ1) is 21.2. The third-order valence-corrected chi connectivity index (χ3v) is 9.76. The molecule has 10 nitrogen and oxygen atoms in total. The van der Waals surface area contributed by atoms with Gasteiger partial charge in [-0.1, -0.05) is 18.9 Å². The van der Waals surface area contributed by atoms with Crippen LogP contribution in [0.15, 0.2) is 41.3 Å². The van der Waals surface area contributed by atoms with Crippen LogP contribution >= 0.6 is 0 Å². The molecule has 2 aromatic rings. The van der Waals surface area contributed by atoms with Crippen molar-refractivity contribution in [2.75, 3.05) is 19.0 Å². The molecule has 4 atom stereocenters. The first-order valence-corrected chi connectivity index (χ1v) is 16.0. The van der Waals surface area contributed by atoms with E-state index < -0.39 is 55.8 Å². The number of benzene rings is 2. The van der Waals surface area contributed by atoms with Crippen molar-refractivity contribution in [2.24, 2.45) is 17.8 Å². The van der Waals surface area contributed by atoms with E-state index in [1.807, 2.05) is 0 Å². The van der Waals surface area contributed by atoms with Gasteiger partial charge in [-0.05, 0) is 68.2 Å². The van der Waals surface area contributed by atoms with E-state index in [9.17, 15) is 40.4 Å². The third kappa shape index (κ3) is 7.86. The van der Waals surface area contributed by atoms with E-state index in [2.05, 4.69) is 10.6 Å². The van der Waals surface area contributed by atoms with Crippen LogP contribution < -0.4 is 20.1 Å². The Kier molecular flexibility index (Phi) is 10.6. The Morgan fingerprint density at radius 1 is 1.00 bits per heavy atom. The molecule has 15 heteroatoms. The molecular weight excluding hydrogens is 624 g/mol. The van der Waals surface area contributed by atoms with Crippen molar-refractivity contribution in [2.45, 2.75) is 67.8 Å². The van der Waals surface area contributed by atoms with Gasteiger partial charge >= 0.3 is 11.5 Å².